The van der Waals surface area contributed by atoms with Crippen LogP contribution in [0.25, 0.3) is 89.6 Å². The predicted octanol–water partition coefficient (Wildman–Crippen LogP) is 10.9. The van der Waals surface area contributed by atoms with E-state index in [4.69, 9.17) is 15.0 Å². The van der Waals surface area contributed by atoms with Gasteiger partial charge in [-0.3, -0.25) is 9.13 Å². The van der Waals surface area contributed by atoms with Crippen LogP contribution in [-0.2, 0) is 6.42 Å². The van der Waals surface area contributed by atoms with E-state index >= 15 is 0 Å². The molecule has 52 heavy (non-hydrogen) atoms. The van der Waals surface area contributed by atoms with Crippen LogP contribution >= 0.6 is 0 Å². The van der Waals surface area contributed by atoms with Crippen molar-refractivity contribution in [3.8, 4) is 29.0 Å². The van der Waals surface area contributed by atoms with Crippen LogP contribution in [0, 0.1) is 5.92 Å². The standard InChI is InChI=1S/C46H32N6/c1-29-25-26-43-37(27-29)36-19-6-11-24-42(36)52(43)46-48-44(47-45(49-46)51-40-22-9-4-17-34(40)35-18-5-10-23-41(35)51)30-13-12-14-31(28-30)50-38-20-7-2-15-32(38)33-16-3-8-21-39(33)50/h2-26,28-29H,27H2,1H3. The van der Waals surface area contributed by atoms with E-state index in [1.165, 1.54) is 21.7 Å². The van der Waals surface area contributed by atoms with Gasteiger partial charge in [-0.05, 0) is 66.4 Å². The first kappa shape index (κ1) is 29.0. The van der Waals surface area contributed by atoms with Gasteiger partial charge in [-0.1, -0.05) is 116 Å². The highest BCUT2D eigenvalue weighted by molar-refractivity contribution is 6.10. The van der Waals surface area contributed by atoms with Gasteiger partial charge in [0.15, 0.2) is 5.82 Å². The van der Waals surface area contributed by atoms with Gasteiger partial charge >= 0.3 is 0 Å². The SMILES string of the molecule is CC1C=Cc2c(c3ccccc3n2-c2nc(-c3cccc(-n4c5ccccc5c5ccccc54)c3)nc(-n3c4ccccc4c4ccccc43)n2)C1. The molecule has 1 unspecified atom stereocenters. The minimum Gasteiger partial charge on any atom is -0.309 e. The molecule has 6 heteroatoms. The van der Waals surface area contributed by atoms with Crippen molar-refractivity contribution in [1.82, 2.24) is 28.7 Å². The van der Waals surface area contributed by atoms with Gasteiger partial charge in [0, 0.05) is 38.2 Å². The molecule has 0 saturated carbocycles. The lowest BCUT2D eigenvalue weighted by molar-refractivity contribution is 0.716. The van der Waals surface area contributed by atoms with Crippen LogP contribution in [0.2, 0.25) is 0 Å². The normalized spacial score (nSPS) is 14.3. The van der Waals surface area contributed by atoms with Crippen LogP contribution in [0.3, 0.4) is 0 Å². The van der Waals surface area contributed by atoms with Gasteiger partial charge in [-0.2, -0.15) is 15.0 Å². The molecule has 0 spiro atoms. The Morgan fingerprint density at radius 1 is 0.481 bits per heavy atom. The number of hydrogen-bond donors (Lipinski definition) is 0. The Morgan fingerprint density at radius 2 is 0.962 bits per heavy atom. The van der Waals surface area contributed by atoms with E-state index in [9.17, 15) is 0 Å². The summed E-state index contributed by atoms with van der Waals surface area (Å²) < 4.78 is 6.75. The van der Waals surface area contributed by atoms with Crippen molar-refractivity contribution in [2.45, 2.75) is 13.3 Å². The topological polar surface area (TPSA) is 53.5 Å². The number of allylic oxidation sites excluding steroid dienone is 1. The van der Waals surface area contributed by atoms with Crippen molar-refractivity contribution in [1.29, 1.82) is 0 Å². The van der Waals surface area contributed by atoms with Gasteiger partial charge in [0.25, 0.3) is 0 Å². The maximum Gasteiger partial charge on any atom is 0.240 e. The van der Waals surface area contributed by atoms with E-state index in [1.54, 1.807) is 0 Å². The molecule has 0 fully saturated rings. The van der Waals surface area contributed by atoms with Gasteiger partial charge in [-0.15, -0.1) is 0 Å². The molecule has 10 aromatic rings. The number of hydrogen-bond acceptors (Lipinski definition) is 3. The zero-order chi connectivity index (χ0) is 34.3. The molecule has 246 valence electrons. The lowest BCUT2D eigenvalue weighted by atomic mass is 9.93. The molecule has 0 aliphatic heterocycles. The third-order valence-corrected chi connectivity index (χ3v) is 10.7. The molecule has 6 aromatic carbocycles. The Kier molecular flexibility index (Phi) is 6.19. The fourth-order valence-corrected chi connectivity index (χ4v) is 8.38. The summed E-state index contributed by atoms with van der Waals surface area (Å²) in [4.78, 5) is 16.0. The monoisotopic (exact) mass is 668 g/mol. The van der Waals surface area contributed by atoms with Crippen LogP contribution in [0.4, 0.5) is 0 Å². The van der Waals surface area contributed by atoms with Crippen molar-refractivity contribution < 1.29 is 0 Å². The predicted molar refractivity (Wildman–Crippen MR) is 213 cm³/mol. The molecule has 1 aliphatic rings. The summed E-state index contributed by atoms with van der Waals surface area (Å²) in [5.41, 5.74) is 9.95. The molecule has 4 aromatic heterocycles. The van der Waals surface area contributed by atoms with Gasteiger partial charge in [-0.25, -0.2) is 0 Å². The van der Waals surface area contributed by atoms with E-state index in [2.05, 4.69) is 178 Å². The van der Waals surface area contributed by atoms with E-state index in [-0.39, 0.29) is 0 Å². The first-order valence-corrected chi connectivity index (χ1v) is 17.9. The number of benzene rings is 6. The fourth-order valence-electron chi connectivity index (χ4n) is 8.38. The molecular formula is C46H32N6. The molecular weight excluding hydrogens is 637 g/mol. The third-order valence-electron chi connectivity index (χ3n) is 10.7. The lowest BCUT2D eigenvalue weighted by Crippen LogP contribution is -2.12. The maximum atomic E-state index is 5.34. The second-order valence-electron chi connectivity index (χ2n) is 13.8. The largest absolute Gasteiger partial charge is 0.309 e. The highest BCUT2D eigenvalue weighted by atomic mass is 15.3. The highest BCUT2D eigenvalue weighted by Crippen LogP contribution is 2.37. The molecule has 4 heterocycles. The molecule has 1 aliphatic carbocycles. The lowest BCUT2D eigenvalue weighted by Gasteiger charge is -2.16. The molecule has 0 saturated heterocycles. The van der Waals surface area contributed by atoms with Gasteiger partial charge < -0.3 is 4.57 Å². The Bertz CT molecular complexity index is 2980. The second-order valence-corrected chi connectivity index (χ2v) is 13.8. The Morgan fingerprint density at radius 3 is 1.54 bits per heavy atom. The van der Waals surface area contributed by atoms with Crippen molar-refractivity contribution in [3.63, 3.8) is 0 Å². The fraction of sp³-hybridized carbons (Fsp3) is 0.0652. The van der Waals surface area contributed by atoms with Gasteiger partial charge in [0.05, 0.1) is 33.3 Å². The summed E-state index contributed by atoms with van der Waals surface area (Å²) in [5, 5.41) is 6.02. The molecule has 0 N–H and O–H groups in total. The smallest absolute Gasteiger partial charge is 0.240 e. The summed E-state index contributed by atoms with van der Waals surface area (Å²) in [5.74, 6) is 2.25. The molecule has 0 radical (unpaired) electrons. The summed E-state index contributed by atoms with van der Waals surface area (Å²) >= 11 is 0. The van der Waals surface area contributed by atoms with E-state index in [0.717, 1.165) is 61.7 Å². The average Bonchev–Trinajstić information content (AvgIpc) is 3.83. The number of nitrogens with zero attached hydrogens (tertiary/aromatic N) is 6. The molecule has 1 atom stereocenters. The van der Waals surface area contributed by atoms with Crippen molar-refractivity contribution >= 4 is 60.6 Å². The van der Waals surface area contributed by atoms with Crippen molar-refractivity contribution in [2.75, 3.05) is 0 Å². The summed E-state index contributed by atoms with van der Waals surface area (Å²) in [7, 11) is 0. The van der Waals surface area contributed by atoms with Crippen LogP contribution in [0.15, 0.2) is 152 Å². The minimum atomic E-state index is 0.456. The van der Waals surface area contributed by atoms with E-state index in [0.29, 0.717) is 23.6 Å². The first-order valence-electron chi connectivity index (χ1n) is 17.9. The first-order chi connectivity index (χ1) is 25.7. The van der Waals surface area contributed by atoms with Crippen LogP contribution < -0.4 is 0 Å². The molecule has 0 amide bonds. The summed E-state index contributed by atoms with van der Waals surface area (Å²) in [6.07, 6.45) is 5.51. The summed E-state index contributed by atoms with van der Waals surface area (Å²) in [6.45, 7) is 2.27. The van der Waals surface area contributed by atoms with E-state index < -0.39 is 0 Å². The van der Waals surface area contributed by atoms with Gasteiger partial charge in [0.1, 0.15) is 0 Å². The van der Waals surface area contributed by atoms with Crippen LogP contribution in [0.1, 0.15) is 18.2 Å². The molecule has 11 rings (SSSR count). The second kappa shape index (κ2) is 11.1. The maximum absolute atomic E-state index is 5.34. The van der Waals surface area contributed by atoms with Crippen LogP contribution in [0.5, 0.6) is 0 Å². The van der Waals surface area contributed by atoms with Crippen molar-refractivity contribution in [2.24, 2.45) is 5.92 Å². The number of aromatic nitrogens is 6. The van der Waals surface area contributed by atoms with Crippen molar-refractivity contribution in [3.05, 3.63) is 163 Å². The minimum absolute atomic E-state index is 0.456. The molecule has 0 bridgehead atoms. The number of fused-ring (bicyclic) bond motifs is 9. The summed E-state index contributed by atoms with van der Waals surface area (Å²) in [6, 6.07) is 51.4. The zero-order valence-electron chi connectivity index (χ0n) is 28.5. The zero-order valence-corrected chi connectivity index (χ0v) is 28.5. The third kappa shape index (κ3) is 4.21. The Hall–Kier alpha value is -6.79. The van der Waals surface area contributed by atoms with E-state index in [1.807, 2.05) is 0 Å². The quantitative estimate of drug-likeness (QED) is 0.188. The highest BCUT2D eigenvalue weighted by Gasteiger charge is 2.24. The average molecular weight is 669 g/mol. The van der Waals surface area contributed by atoms with Gasteiger partial charge in [0.2, 0.25) is 11.9 Å². The number of rotatable bonds is 4. The Labute approximate surface area is 299 Å². The number of para-hydroxylation sites is 5. The van der Waals surface area contributed by atoms with Crippen LogP contribution in [-0.4, -0.2) is 28.7 Å². The Balaban J connectivity index is 1.20. The molecule has 6 nitrogen and oxygen atoms in total.